The summed E-state index contributed by atoms with van der Waals surface area (Å²) in [6.07, 6.45) is 4.22. The number of nitrogens with two attached hydrogens (primary N) is 1. The van der Waals surface area contributed by atoms with E-state index < -0.39 is 0 Å². The number of rotatable bonds is 6. The van der Waals surface area contributed by atoms with Gasteiger partial charge in [-0.25, -0.2) is 4.98 Å². The van der Waals surface area contributed by atoms with Gasteiger partial charge in [-0.1, -0.05) is 19.8 Å². The molecule has 1 aliphatic carbocycles. The summed E-state index contributed by atoms with van der Waals surface area (Å²) in [7, 11) is 1.99. The second kappa shape index (κ2) is 8.48. The highest BCUT2D eigenvalue weighted by Crippen LogP contribution is 2.40. The molecule has 0 saturated heterocycles. The Kier molecular flexibility index (Phi) is 6.17. The van der Waals surface area contributed by atoms with Gasteiger partial charge >= 0.3 is 0 Å². The van der Waals surface area contributed by atoms with E-state index in [1.54, 1.807) is 0 Å². The van der Waals surface area contributed by atoms with Crippen molar-refractivity contribution in [2.24, 2.45) is 18.2 Å². The fourth-order valence-corrected chi connectivity index (χ4v) is 4.23. The normalized spacial score (nSPS) is 15.0. The number of ketones is 1. The molecule has 1 saturated carbocycles. The molecule has 2 aromatic carbocycles. The average Bonchev–Trinajstić information content (AvgIpc) is 3.30. The Bertz CT molecular complexity index is 1080. The van der Waals surface area contributed by atoms with Gasteiger partial charge in [-0.3, -0.25) is 10.2 Å². The minimum Gasteiger partial charge on any atom is -0.384 e. The minimum atomic E-state index is -0.223. The van der Waals surface area contributed by atoms with E-state index in [1.807, 2.05) is 49.5 Å². The topological polar surface area (TPSA) is 96.8 Å². The lowest BCUT2D eigenvalue weighted by molar-refractivity contribution is 0.0823. The molecule has 0 unspecified atom stereocenters. The summed E-state index contributed by atoms with van der Waals surface area (Å²) in [6, 6.07) is 13.3. The molecular weight excluding hydrogens is 398 g/mol. The van der Waals surface area contributed by atoms with E-state index in [2.05, 4.69) is 16.8 Å². The van der Waals surface area contributed by atoms with Crippen LogP contribution in [0, 0.1) is 10.8 Å². The van der Waals surface area contributed by atoms with Crippen LogP contribution in [0.25, 0.3) is 11.0 Å². The Morgan fingerprint density at radius 1 is 1.17 bits per heavy atom. The second-order valence-electron chi connectivity index (χ2n) is 8.23. The van der Waals surface area contributed by atoms with E-state index in [0.717, 1.165) is 53.8 Å². The van der Waals surface area contributed by atoms with Crippen LogP contribution >= 0.6 is 12.4 Å². The van der Waals surface area contributed by atoms with Crippen molar-refractivity contribution in [3.63, 3.8) is 0 Å². The molecule has 0 atom stereocenters. The van der Waals surface area contributed by atoms with Crippen LogP contribution < -0.4 is 11.1 Å². The first-order valence-electron chi connectivity index (χ1n) is 10.1. The van der Waals surface area contributed by atoms with Gasteiger partial charge in [0.15, 0.2) is 5.78 Å². The van der Waals surface area contributed by atoms with Gasteiger partial charge in [0.2, 0.25) is 0 Å². The van der Waals surface area contributed by atoms with Crippen LogP contribution in [0.15, 0.2) is 42.5 Å². The predicted molar refractivity (Wildman–Crippen MR) is 124 cm³/mol. The standard InChI is InChI=1S/C23H27N5O.ClH/c1-23(11-3-4-12-23)21(29)16-7-10-19-18(13-16)27-20(28(19)2)14-26-17-8-5-15(6-9-17)22(24)25;/h5-10,13,26H,3-4,11-12,14H2,1-2H3,(H3,24,25);1H. The fourth-order valence-electron chi connectivity index (χ4n) is 4.23. The lowest BCUT2D eigenvalue weighted by Crippen LogP contribution is -2.24. The number of anilines is 1. The number of Topliss-reactive ketones (excluding diaryl/α,β-unsaturated/α-hetero) is 1. The molecule has 7 heteroatoms. The maximum absolute atomic E-state index is 13.0. The number of nitrogens with zero attached hydrogens (tertiary/aromatic N) is 2. The zero-order valence-corrected chi connectivity index (χ0v) is 18.2. The van der Waals surface area contributed by atoms with Crippen molar-refractivity contribution in [3.8, 4) is 0 Å². The SMILES string of the molecule is Cl.Cn1c(CNc2ccc(C(=N)N)cc2)nc2cc(C(=O)C3(C)CCCC3)ccc21. The van der Waals surface area contributed by atoms with E-state index in [4.69, 9.17) is 16.1 Å². The van der Waals surface area contributed by atoms with Gasteiger partial charge in [-0.15, -0.1) is 12.4 Å². The third-order valence-electron chi connectivity index (χ3n) is 6.14. The number of carbonyl (C=O) groups excluding carboxylic acids is 1. The monoisotopic (exact) mass is 425 g/mol. The molecule has 0 radical (unpaired) electrons. The van der Waals surface area contributed by atoms with Crippen LogP contribution in [0.1, 0.15) is 54.4 Å². The summed E-state index contributed by atoms with van der Waals surface area (Å²) in [5.74, 6) is 1.20. The number of benzene rings is 2. The van der Waals surface area contributed by atoms with Crippen molar-refractivity contribution in [3.05, 3.63) is 59.4 Å². The third-order valence-corrected chi connectivity index (χ3v) is 6.14. The number of carbonyl (C=O) groups is 1. The van der Waals surface area contributed by atoms with Gasteiger partial charge in [0.25, 0.3) is 0 Å². The number of hydrogen-bond donors (Lipinski definition) is 3. The summed E-state index contributed by atoms with van der Waals surface area (Å²) in [6.45, 7) is 2.66. The molecule has 4 rings (SSSR count). The predicted octanol–water partition coefficient (Wildman–Crippen LogP) is 4.65. The van der Waals surface area contributed by atoms with Crippen molar-refractivity contribution in [1.82, 2.24) is 9.55 Å². The van der Waals surface area contributed by atoms with E-state index >= 15 is 0 Å². The maximum Gasteiger partial charge on any atom is 0.168 e. The maximum atomic E-state index is 13.0. The molecule has 158 valence electrons. The molecule has 4 N–H and O–H groups in total. The van der Waals surface area contributed by atoms with Gasteiger partial charge in [0.1, 0.15) is 11.7 Å². The highest BCUT2D eigenvalue weighted by atomic mass is 35.5. The average molecular weight is 426 g/mol. The molecule has 1 heterocycles. The Hall–Kier alpha value is -2.86. The molecule has 0 spiro atoms. The fraction of sp³-hybridized carbons (Fsp3) is 0.348. The lowest BCUT2D eigenvalue weighted by Gasteiger charge is -2.21. The van der Waals surface area contributed by atoms with E-state index in [1.165, 1.54) is 0 Å². The zero-order chi connectivity index (χ0) is 20.6. The number of aromatic nitrogens is 2. The zero-order valence-electron chi connectivity index (χ0n) is 17.4. The minimum absolute atomic E-state index is 0. The number of nitrogen functional groups attached to an aromatic ring is 1. The summed E-state index contributed by atoms with van der Waals surface area (Å²) in [5, 5.41) is 10.8. The van der Waals surface area contributed by atoms with Gasteiger partial charge in [0, 0.05) is 29.3 Å². The molecule has 0 amide bonds. The van der Waals surface area contributed by atoms with Gasteiger partial charge < -0.3 is 15.6 Å². The van der Waals surface area contributed by atoms with Crippen molar-refractivity contribution < 1.29 is 4.79 Å². The smallest absolute Gasteiger partial charge is 0.168 e. The van der Waals surface area contributed by atoms with Crippen molar-refractivity contribution >= 4 is 40.7 Å². The van der Waals surface area contributed by atoms with Crippen molar-refractivity contribution in [2.75, 3.05) is 5.32 Å². The van der Waals surface area contributed by atoms with E-state index in [-0.39, 0.29) is 29.4 Å². The summed E-state index contributed by atoms with van der Waals surface area (Å²) >= 11 is 0. The molecule has 3 aromatic rings. The van der Waals surface area contributed by atoms with Crippen LogP contribution in [-0.4, -0.2) is 21.2 Å². The first-order valence-corrected chi connectivity index (χ1v) is 10.1. The molecule has 6 nitrogen and oxygen atoms in total. The quantitative estimate of drug-likeness (QED) is 0.304. The highest BCUT2D eigenvalue weighted by Gasteiger charge is 2.36. The Morgan fingerprint density at radius 3 is 2.43 bits per heavy atom. The number of halogens is 1. The number of fused-ring (bicyclic) bond motifs is 1. The Balaban J connectivity index is 0.00000256. The molecule has 0 bridgehead atoms. The van der Waals surface area contributed by atoms with Crippen molar-refractivity contribution in [2.45, 2.75) is 39.2 Å². The highest BCUT2D eigenvalue weighted by molar-refractivity contribution is 6.02. The van der Waals surface area contributed by atoms with Crippen molar-refractivity contribution in [1.29, 1.82) is 5.41 Å². The first kappa shape index (κ1) is 21.8. The number of aryl methyl sites for hydroxylation is 1. The van der Waals surface area contributed by atoms with Crippen LogP contribution in [0.5, 0.6) is 0 Å². The van der Waals surface area contributed by atoms with Crippen LogP contribution in [0.3, 0.4) is 0 Å². The number of nitrogens with one attached hydrogen (secondary N) is 2. The first-order chi connectivity index (χ1) is 13.9. The summed E-state index contributed by atoms with van der Waals surface area (Å²) in [5.41, 5.74) is 9.54. The third kappa shape index (κ3) is 4.05. The van der Waals surface area contributed by atoms with Gasteiger partial charge in [-0.2, -0.15) is 0 Å². The second-order valence-corrected chi connectivity index (χ2v) is 8.23. The molecule has 0 aliphatic heterocycles. The van der Waals surface area contributed by atoms with E-state index in [0.29, 0.717) is 12.1 Å². The summed E-state index contributed by atoms with van der Waals surface area (Å²) < 4.78 is 2.05. The molecule has 1 aliphatic rings. The summed E-state index contributed by atoms with van der Waals surface area (Å²) in [4.78, 5) is 17.8. The molecular formula is C23H28ClN5O. The van der Waals surface area contributed by atoms with Gasteiger partial charge in [-0.05, 0) is 55.3 Å². The molecule has 1 aromatic heterocycles. The molecule has 1 fully saturated rings. The molecule has 30 heavy (non-hydrogen) atoms. The Labute approximate surface area is 182 Å². The van der Waals surface area contributed by atoms with Crippen LogP contribution in [-0.2, 0) is 13.6 Å². The van der Waals surface area contributed by atoms with Crippen LogP contribution in [0.4, 0.5) is 5.69 Å². The van der Waals surface area contributed by atoms with Crippen LogP contribution in [0.2, 0.25) is 0 Å². The van der Waals surface area contributed by atoms with E-state index in [9.17, 15) is 4.79 Å². The largest absolute Gasteiger partial charge is 0.384 e. The number of imidazole rings is 1. The van der Waals surface area contributed by atoms with Gasteiger partial charge in [0.05, 0.1) is 17.6 Å². The lowest BCUT2D eigenvalue weighted by atomic mass is 9.81. The Morgan fingerprint density at radius 2 is 1.80 bits per heavy atom. The number of amidine groups is 1. The number of hydrogen-bond acceptors (Lipinski definition) is 4.